The van der Waals surface area contributed by atoms with E-state index >= 15 is 0 Å². The van der Waals surface area contributed by atoms with Crippen molar-refractivity contribution in [3.63, 3.8) is 0 Å². The van der Waals surface area contributed by atoms with Crippen molar-refractivity contribution in [2.45, 2.75) is 25.2 Å². The third kappa shape index (κ3) is 5.17. The molecule has 0 radical (unpaired) electrons. The van der Waals surface area contributed by atoms with Crippen molar-refractivity contribution in [1.29, 1.82) is 0 Å². The SMILES string of the molecule is O=C(Nc1ccc(C(F)(F)F)cc1)n1cc(-c2cnc3ccc(C(F)(F)F)cc3c2)c(C2=CCCC=C2)n1. The molecule has 5 rings (SSSR count). The Labute approximate surface area is 212 Å². The predicted octanol–water partition coefficient (Wildman–Crippen LogP) is 7.95. The van der Waals surface area contributed by atoms with Gasteiger partial charge in [-0.3, -0.25) is 4.98 Å². The lowest BCUT2D eigenvalue weighted by Crippen LogP contribution is -2.20. The highest BCUT2D eigenvalue weighted by Gasteiger charge is 2.31. The lowest BCUT2D eigenvalue weighted by Gasteiger charge is -2.09. The number of benzene rings is 2. The number of hydrogen-bond donors (Lipinski definition) is 1. The van der Waals surface area contributed by atoms with E-state index in [2.05, 4.69) is 15.4 Å². The van der Waals surface area contributed by atoms with Gasteiger partial charge in [-0.15, -0.1) is 0 Å². The Morgan fingerprint density at radius 2 is 1.61 bits per heavy atom. The molecule has 194 valence electrons. The van der Waals surface area contributed by atoms with E-state index in [4.69, 9.17) is 0 Å². The van der Waals surface area contributed by atoms with Crippen LogP contribution in [0.2, 0.25) is 0 Å². The van der Waals surface area contributed by atoms with E-state index in [9.17, 15) is 31.1 Å². The molecule has 0 spiro atoms. The van der Waals surface area contributed by atoms with E-state index in [1.165, 1.54) is 18.5 Å². The zero-order chi connectivity index (χ0) is 27.1. The van der Waals surface area contributed by atoms with Crippen LogP contribution in [0.4, 0.5) is 36.8 Å². The van der Waals surface area contributed by atoms with Gasteiger partial charge in [-0.25, -0.2) is 4.79 Å². The summed E-state index contributed by atoms with van der Waals surface area (Å²) >= 11 is 0. The van der Waals surface area contributed by atoms with Gasteiger partial charge in [-0.1, -0.05) is 18.2 Å². The van der Waals surface area contributed by atoms with Gasteiger partial charge in [-0.05, 0) is 66.9 Å². The zero-order valence-corrected chi connectivity index (χ0v) is 19.4. The largest absolute Gasteiger partial charge is 0.416 e. The molecule has 4 aromatic rings. The zero-order valence-electron chi connectivity index (χ0n) is 19.4. The second kappa shape index (κ2) is 9.47. The lowest BCUT2D eigenvalue weighted by atomic mass is 9.98. The van der Waals surface area contributed by atoms with Gasteiger partial charge in [0.15, 0.2) is 0 Å². The maximum atomic E-state index is 13.2. The summed E-state index contributed by atoms with van der Waals surface area (Å²) in [5, 5.41) is 7.16. The van der Waals surface area contributed by atoms with Crippen LogP contribution < -0.4 is 5.32 Å². The van der Waals surface area contributed by atoms with E-state index in [1.54, 1.807) is 6.07 Å². The summed E-state index contributed by atoms with van der Waals surface area (Å²) in [6, 6.07) is 8.03. The van der Waals surface area contributed by atoms with Crippen LogP contribution in [0.25, 0.3) is 27.6 Å². The first-order chi connectivity index (χ1) is 18.0. The van der Waals surface area contributed by atoms with E-state index in [-0.39, 0.29) is 11.1 Å². The first kappa shape index (κ1) is 25.2. The van der Waals surface area contributed by atoms with Crippen LogP contribution >= 0.6 is 0 Å². The summed E-state index contributed by atoms with van der Waals surface area (Å²) in [6.07, 6.45) is 1.14. The highest BCUT2D eigenvalue weighted by Crippen LogP contribution is 2.35. The quantitative estimate of drug-likeness (QED) is 0.275. The molecule has 1 aliphatic carbocycles. The van der Waals surface area contributed by atoms with Crippen molar-refractivity contribution in [2.75, 3.05) is 5.32 Å². The molecule has 0 saturated carbocycles. The summed E-state index contributed by atoms with van der Waals surface area (Å²) < 4.78 is 79.3. The van der Waals surface area contributed by atoms with Crippen LogP contribution in [0, 0.1) is 0 Å². The number of allylic oxidation sites excluding steroid dienone is 4. The molecule has 11 heteroatoms. The minimum atomic E-state index is -4.52. The highest BCUT2D eigenvalue weighted by atomic mass is 19.4. The molecule has 1 amide bonds. The monoisotopic (exact) mass is 528 g/mol. The van der Waals surface area contributed by atoms with Crippen LogP contribution in [0.3, 0.4) is 0 Å². The molecule has 0 fully saturated rings. The minimum absolute atomic E-state index is 0.130. The topological polar surface area (TPSA) is 59.8 Å². The second-order valence-corrected chi connectivity index (χ2v) is 8.61. The standard InChI is InChI=1S/C27H18F6N4O/c28-26(29,30)19-6-9-21(10-7-19)35-25(38)37-15-22(24(36-37)16-4-2-1-3-5-16)18-12-17-13-20(27(31,32)33)8-11-23(17)34-14-18/h2,4-15H,1,3H2,(H,35,38). The number of nitrogens with one attached hydrogen (secondary N) is 1. The minimum Gasteiger partial charge on any atom is -0.306 e. The van der Waals surface area contributed by atoms with Gasteiger partial charge in [0.25, 0.3) is 0 Å². The Kier molecular flexibility index (Phi) is 6.29. The van der Waals surface area contributed by atoms with Crippen LogP contribution in [0.15, 0.2) is 79.2 Å². The second-order valence-electron chi connectivity index (χ2n) is 8.61. The first-order valence-corrected chi connectivity index (χ1v) is 11.4. The van der Waals surface area contributed by atoms with Crippen LogP contribution in [-0.4, -0.2) is 20.8 Å². The molecule has 5 nitrogen and oxygen atoms in total. The van der Waals surface area contributed by atoms with Crippen molar-refractivity contribution >= 4 is 28.2 Å². The molecule has 1 N–H and O–H groups in total. The first-order valence-electron chi connectivity index (χ1n) is 11.4. The molecule has 1 aliphatic rings. The maximum absolute atomic E-state index is 13.2. The molecule has 0 unspecified atom stereocenters. The number of alkyl halides is 6. The van der Waals surface area contributed by atoms with Gasteiger partial charge < -0.3 is 5.32 Å². The van der Waals surface area contributed by atoms with Crippen molar-refractivity contribution < 1.29 is 31.1 Å². The number of carbonyl (C=O) groups is 1. The van der Waals surface area contributed by atoms with E-state index in [1.807, 2.05) is 18.2 Å². The normalized spacial score (nSPS) is 14.0. The smallest absolute Gasteiger partial charge is 0.306 e. The van der Waals surface area contributed by atoms with Gasteiger partial charge in [0.1, 0.15) is 5.69 Å². The molecular formula is C27H18F6N4O. The number of carbonyl (C=O) groups excluding carboxylic acids is 1. The number of anilines is 1. The molecule has 0 atom stereocenters. The fourth-order valence-corrected chi connectivity index (χ4v) is 4.07. The fraction of sp³-hybridized carbons (Fsp3) is 0.148. The number of fused-ring (bicyclic) bond motifs is 1. The van der Waals surface area contributed by atoms with Gasteiger partial charge >= 0.3 is 18.4 Å². The third-order valence-corrected chi connectivity index (χ3v) is 5.97. The van der Waals surface area contributed by atoms with Crippen molar-refractivity contribution in [3.8, 4) is 11.1 Å². The average molecular weight is 528 g/mol. The molecule has 0 saturated heterocycles. The highest BCUT2D eigenvalue weighted by molar-refractivity contribution is 5.94. The summed E-state index contributed by atoms with van der Waals surface area (Å²) in [5.41, 5.74) is 0.866. The number of nitrogens with zero attached hydrogens (tertiary/aromatic N) is 3. The Morgan fingerprint density at radius 1 is 0.895 bits per heavy atom. The van der Waals surface area contributed by atoms with Gasteiger partial charge in [-0.2, -0.15) is 36.1 Å². The van der Waals surface area contributed by atoms with Crippen LogP contribution in [0.1, 0.15) is 29.7 Å². The van der Waals surface area contributed by atoms with Gasteiger partial charge in [0.2, 0.25) is 0 Å². The summed E-state index contributed by atoms with van der Waals surface area (Å²) in [7, 11) is 0. The van der Waals surface area contributed by atoms with Gasteiger partial charge in [0, 0.05) is 34.6 Å². The van der Waals surface area contributed by atoms with E-state index in [0.29, 0.717) is 22.3 Å². The number of amides is 1. The number of rotatable bonds is 3. The predicted molar refractivity (Wildman–Crippen MR) is 130 cm³/mol. The molecule has 0 aliphatic heterocycles. The van der Waals surface area contributed by atoms with Crippen molar-refractivity contribution in [2.24, 2.45) is 0 Å². The molecule has 2 aromatic carbocycles. The number of hydrogen-bond acceptors (Lipinski definition) is 3. The van der Waals surface area contributed by atoms with E-state index < -0.39 is 29.5 Å². The fourth-order valence-electron chi connectivity index (χ4n) is 4.07. The molecule has 38 heavy (non-hydrogen) atoms. The summed E-state index contributed by atoms with van der Waals surface area (Å²) in [5.74, 6) is 0. The molecule has 2 aromatic heterocycles. The number of halogens is 6. The Balaban J connectivity index is 1.53. The molecule has 2 heterocycles. The Hall–Kier alpha value is -4.41. The van der Waals surface area contributed by atoms with E-state index in [0.717, 1.165) is 59.5 Å². The number of pyridine rings is 1. The lowest BCUT2D eigenvalue weighted by molar-refractivity contribution is -0.138. The number of aromatic nitrogens is 3. The Morgan fingerprint density at radius 3 is 2.26 bits per heavy atom. The Bertz CT molecular complexity index is 1580. The average Bonchev–Trinajstić information content (AvgIpc) is 3.34. The third-order valence-electron chi connectivity index (χ3n) is 5.97. The maximum Gasteiger partial charge on any atom is 0.416 e. The molecular weight excluding hydrogens is 510 g/mol. The molecule has 0 bridgehead atoms. The summed E-state index contributed by atoms with van der Waals surface area (Å²) in [6.45, 7) is 0. The van der Waals surface area contributed by atoms with Crippen LogP contribution in [-0.2, 0) is 12.4 Å². The van der Waals surface area contributed by atoms with Crippen LogP contribution in [0.5, 0.6) is 0 Å². The van der Waals surface area contributed by atoms with Crippen molar-refractivity contribution in [3.05, 3.63) is 96.0 Å². The van der Waals surface area contributed by atoms with Gasteiger partial charge in [0.05, 0.1) is 16.6 Å². The summed E-state index contributed by atoms with van der Waals surface area (Å²) in [4.78, 5) is 17.2. The van der Waals surface area contributed by atoms with Crippen molar-refractivity contribution in [1.82, 2.24) is 14.8 Å².